The van der Waals surface area contributed by atoms with Gasteiger partial charge in [-0.05, 0) is 18.4 Å². The molecule has 0 aliphatic carbocycles. The Bertz CT molecular complexity index is 356. The van der Waals surface area contributed by atoms with Gasteiger partial charge in [-0.3, -0.25) is 4.79 Å². The number of benzene rings is 1. The number of unbranched alkanes of at least 4 members (excludes halogenated alkanes) is 1. The number of amides is 1. The number of hydrogen-bond acceptors (Lipinski definition) is 1. The highest BCUT2D eigenvalue weighted by Gasteiger charge is 2.01. The maximum atomic E-state index is 10.9. The van der Waals surface area contributed by atoms with Crippen molar-refractivity contribution in [1.82, 2.24) is 4.90 Å². The van der Waals surface area contributed by atoms with E-state index in [9.17, 15) is 4.79 Å². The molecule has 0 atom stereocenters. The number of allylic oxidation sites excluding steroid dienone is 3. The van der Waals surface area contributed by atoms with Gasteiger partial charge in [0.15, 0.2) is 0 Å². The highest BCUT2D eigenvalue weighted by atomic mass is 16.1. The summed E-state index contributed by atoms with van der Waals surface area (Å²) >= 11 is 0. The summed E-state index contributed by atoms with van der Waals surface area (Å²) in [7, 11) is 0. The molecule has 0 unspecified atom stereocenters. The first-order valence-corrected chi connectivity index (χ1v) is 5.87. The number of carbonyl (C=O) groups excluding carboxylic acids is 1. The lowest BCUT2D eigenvalue weighted by Crippen LogP contribution is -2.22. The molecule has 17 heavy (non-hydrogen) atoms. The highest BCUT2D eigenvalue weighted by Crippen LogP contribution is 2.04. The molecule has 0 fully saturated rings. The third-order valence-electron chi connectivity index (χ3n) is 2.47. The van der Waals surface area contributed by atoms with Crippen LogP contribution in [0.5, 0.6) is 0 Å². The Morgan fingerprint density at radius 1 is 1.24 bits per heavy atom. The van der Waals surface area contributed by atoms with Gasteiger partial charge in [0.2, 0.25) is 6.41 Å². The van der Waals surface area contributed by atoms with Crippen molar-refractivity contribution in [2.24, 2.45) is 0 Å². The van der Waals surface area contributed by atoms with Crippen LogP contribution in [0.25, 0.3) is 0 Å². The lowest BCUT2D eigenvalue weighted by molar-refractivity contribution is -0.118. The zero-order valence-corrected chi connectivity index (χ0v) is 10.1. The molecule has 1 aromatic carbocycles. The smallest absolute Gasteiger partial charge is 0.210 e. The predicted molar refractivity (Wildman–Crippen MR) is 71.5 cm³/mol. The Morgan fingerprint density at radius 3 is 2.65 bits per heavy atom. The molecule has 1 rings (SSSR count). The van der Waals surface area contributed by atoms with Crippen LogP contribution in [0.3, 0.4) is 0 Å². The molecular formula is C15H19NO. The third-order valence-corrected chi connectivity index (χ3v) is 2.47. The number of nitrogens with zero attached hydrogens (tertiary/aromatic N) is 1. The average Bonchev–Trinajstić information content (AvgIpc) is 2.38. The Balaban J connectivity index is 2.31. The van der Waals surface area contributed by atoms with E-state index in [1.807, 2.05) is 36.4 Å². The van der Waals surface area contributed by atoms with Gasteiger partial charge < -0.3 is 4.90 Å². The van der Waals surface area contributed by atoms with Gasteiger partial charge in [0.05, 0.1) is 0 Å². The Kier molecular flexibility index (Phi) is 6.49. The lowest BCUT2D eigenvalue weighted by atomic mass is 10.2. The predicted octanol–water partition coefficient (Wildman–Crippen LogP) is 3.17. The van der Waals surface area contributed by atoms with Crippen LogP contribution in [0.1, 0.15) is 18.4 Å². The molecule has 0 spiro atoms. The molecule has 1 aromatic rings. The van der Waals surface area contributed by atoms with E-state index in [0.717, 1.165) is 25.8 Å². The normalized spacial score (nSPS) is 10.4. The van der Waals surface area contributed by atoms with Crippen LogP contribution in [0, 0.1) is 0 Å². The maximum absolute atomic E-state index is 10.9. The number of rotatable bonds is 8. The lowest BCUT2D eigenvalue weighted by Gasteiger charge is -2.16. The van der Waals surface area contributed by atoms with Crippen LogP contribution in [0.15, 0.2) is 55.1 Å². The van der Waals surface area contributed by atoms with Crippen molar-refractivity contribution in [2.75, 3.05) is 6.54 Å². The summed E-state index contributed by atoms with van der Waals surface area (Å²) in [6.45, 7) is 5.09. The summed E-state index contributed by atoms with van der Waals surface area (Å²) in [5.41, 5.74) is 1.17. The minimum atomic E-state index is 0.690. The van der Waals surface area contributed by atoms with Crippen LogP contribution in [-0.2, 0) is 11.3 Å². The van der Waals surface area contributed by atoms with E-state index >= 15 is 0 Å². The molecule has 0 saturated carbocycles. The Hall–Kier alpha value is -1.83. The minimum Gasteiger partial charge on any atom is -0.341 e. The zero-order valence-electron chi connectivity index (χ0n) is 10.1. The molecular weight excluding hydrogens is 210 g/mol. The SMILES string of the molecule is C=C/C=C/CCCN(C=O)Cc1ccccc1. The quantitative estimate of drug-likeness (QED) is 0.381. The molecule has 1 amide bonds. The maximum Gasteiger partial charge on any atom is 0.210 e. The van der Waals surface area contributed by atoms with Crippen LogP contribution in [0.4, 0.5) is 0 Å². The Morgan fingerprint density at radius 2 is 2.00 bits per heavy atom. The second-order valence-electron chi connectivity index (χ2n) is 3.87. The molecule has 0 bridgehead atoms. The zero-order chi connectivity index (χ0) is 12.3. The van der Waals surface area contributed by atoms with E-state index in [0.29, 0.717) is 6.54 Å². The fourth-order valence-electron chi connectivity index (χ4n) is 1.59. The first kappa shape index (κ1) is 13.2. The van der Waals surface area contributed by atoms with E-state index in [1.54, 1.807) is 11.0 Å². The average molecular weight is 229 g/mol. The first-order chi connectivity index (χ1) is 8.36. The number of carbonyl (C=O) groups is 1. The van der Waals surface area contributed by atoms with Gasteiger partial charge in [-0.2, -0.15) is 0 Å². The fraction of sp³-hybridized carbons (Fsp3) is 0.267. The van der Waals surface area contributed by atoms with Crippen LogP contribution >= 0.6 is 0 Å². The van der Waals surface area contributed by atoms with Gasteiger partial charge in [0.1, 0.15) is 0 Å². The molecule has 2 nitrogen and oxygen atoms in total. The number of hydrogen-bond donors (Lipinski definition) is 0. The minimum absolute atomic E-state index is 0.690. The molecule has 0 saturated heterocycles. The van der Waals surface area contributed by atoms with E-state index in [1.165, 1.54) is 5.56 Å². The summed E-state index contributed by atoms with van der Waals surface area (Å²) in [5.74, 6) is 0. The second-order valence-corrected chi connectivity index (χ2v) is 3.87. The van der Waals surface area contributed by atoms with E-state index < -0.39 is 0 Å². The molecule has 0 aliphatic rings. The van der Waals surface area contributed by atoms with Crippen LogP contribution < -0.4 is 0 Å². The van der Waals surface area contributed by atoms with Crippen molar-refractivity contribution in [2.45, 2.75) is 19.4 Å². The molecule has 0 heterocycles. The molecule has 0 aliphatic heterocycles. The van der Waals surface area contributed by atoms with Crippen molar-refractivity contribution in [1.29, 1.82) is 0 Å². The van der Waals surface area contributed by atoms with Gasteiger partial charge in [0.25, 0.3) is 0 Å². The third kappa shape index (κ3) is 5.71. The van der Waals surface area contributed by atoms with Crippen molar-refractivity contribution < 1.29 is 4.79 Å². The molecule has 0 N–H and O–H groups in total. The van der Waals surface area contributed by atoms with Gasteiger partial charge in [-0.25, -0.2) is 0 Å². The summed E-state index contributed by atoms with van der Waals surface area (Å²) in [6.07, 6.45) is 8.65. The summed E-state index contributed by atoms with van der Waals surface area (Å²) in [6, 6.07) is 10.0. The second kappa shape index (κ2) is 8.34. The van der Waals surface area contributed by atoms with Crippen molar-refractivity contribution in [3.8, 4) is 0 Å². The summed E-state index contributed by atoms with van der Waals surface area (Å²) in [5, 5.41) is 0. The Labute approximate surface area is 103 Å². The molecule has 90 valence electrons. The van der Waals surface area contributed by atoms with Gasteiger partial charge in [0, 0.05) is 13.1 Å². The topological polar surface area (TPSA) is 20.3 Å². The molecule has 2 heteroatoms. The fourth-order valence-corrected chi connectivity index (χ4v) is 1.59. The van der Waals surface area contributed by atoms with E-state index in [2.05, 4.69) is 12.7 Å². The van der Waals surface area contributed by atoms with Crippen LogP contribution in [0.2, 0.25) is 0 Å². The standard InChI is InChI=1S/C15H19NO/c1-2-3-4-5-9-12-16(14-17)13-15-10-7-6-8-11-15/h2-4,6-8,10-11,14H,1,5,9,12-13H2/b4-3+. The monoisotopic (exact) mass is 229 g/mol. The van der Waals surface area contributed by atoms with Crippen molar-refractivity contribution in [3.05, 3.63) is 60.7 Å². The van der Waals surface area contributed by atoms with E-state index in [-0.39, 0.29) is 0 Å². The van der Waals surface area contributed by atoms with Crippen molar-refractivity contribution in [3.63, 3.8) is 0 Å². The van der Waals surface area contributed by atoms with E-state index in [4.69, 9.17) is 0 Å². The molecule has 0 aromatic heterocycles. The van der Waals surface area contributed by atoms with Gasteiger partial charge in [-0.15, -0.1) is 0 Å². The first-order valence-electron chi connectivity index (χ1n) is 5.87. The highest BCUT2D eigenvalue weighted by molar-refractivity contribution is 5.47. The largest absolute Gasteiger partial charge is 0.341 e. The van der Waals surface area contributed by atoms with Crippen molar-refractivity contribution >= 4 is 6.41 Å². The van der Waals surface area contributed by atoms with Gasteiger partial charge >= 0.3 is 0 Å². The summed E-state index contributed by atoms with van der Waals surface area (Å²) < 4.78 is 0. The van der Waals surface area contributed by atoms with Gasteiger partial charge in [-0.1, -0.05) is 55.1 Å². The summed E-state index contributed by atoms with van der Waals surface area (Å²) in [4.78, 5) is 12.7. The molecule has 0 radical (unpaired) electrons. The van der Waals surface area contributed by atoms with Crippen LogP contribution in [-0.4, -0.2) is 17.9 Å².